The molecule has 0 bridgehead atoms. The van der Waals surface area contributed by atoms with Crippen molar-refractivity contribution in [3.05, 3.63) is 0 Å². The number of ether oxygens (including phenoxy) is 1. The first-order valence-corrected chi connectivity index (χ1v) is 6.76. The van der Waals surface area contributed by atoms with Crippen molar-refractivity contribution in [3.8, 4) is 0 Å². The van der Waals surface area contributed by atoms with Crippen molar-refractivity contribution in [1.82, 2.24) is 4.90 Å². The Hall–Kier alpha value is -0.730. The lowest BCUT2D eigenvalue weighted by Crippen LogP contribution is -2.47. The van der Waals surface area contributed by atoms with Crippen LogP contribution in [0.1, 0.15) is 51.9 Å². The molecule has 3 heteroatoms. The second-order valence-corrected chi connectivity index (χ2v) is 5.00. The fourth-order valence-electron chi connectivity index (χ4n) is 3.22. The average Bonchev–Trinajstić information content (AvgIpc) is 2.83. The Labute approximate surface area is 98.1 Å². The van der Waals surface area contributed by atoms with Gasteiger partial charge in [0.15, 0.2) is 0 Å². The predicted molar refractivity (Wildman–Crippen MR) is 63.3 cm³/mol. The average molecular weight is 225 g/mol. The monoisotopic (exact) mass is 225 g/mol. The molecule has 0 N–H and O–H groups in total. The molecule has 92 valence electrons. The minimum absolute atomic E-state index is 0.0842. The van der Waals surface area contributed by atoms with E-state index in [1.807, 2.05) is 11.8 Å². The topological polar surface area (TPSA) is 29.5 Å². The Balaban J connectivity index is 1.98. The summed E-state index contributed by atoms with van der Waals surface area (Å²) in [7, 11) is 0. The minimum Gasteiger partial charge on any atom is -0.450 e. The number of likely N-dealkylation sites (tertiary alicyclic amines) is 1. The van der Waals surface area contributed by atoms with Crippen LogP contribution in [0.5, 0.6) is 0 Å². The number of nitrogens with zero attached hydrogens (tertiary/aromatic N) is 1. The minimum atomic E-state index is -0.0842. The van der Waals surface area contributed by atoms with Crippen LogP contribution in [0.4, 0.5) is 4.79 Å². The number of rotatable bonds is 2. The standard InChI is InChI=1S/C13H23NO2/c1-2-16-13(15)14-10-6-5-9-12(14)11-7-3-4-8-11/h11-12H,2-10H2,1H3. The third-order valence-corrected chi connectivity index (χ3v) is 4.00. The van der Waals surface area contributed by atoms with Gasteiger partial charge >= 0.3 is 6.09 Å². The highest BCUT2D eigenvalue weighted by molar-refractivity contribution is 5.68. The van der Waals surface area contributed by atoms with Crippen LogP contribution in [0.3, 0.4) is 0 Å². The van der Waals surface area contributed by atoms with Crippen LogP contribution in [0, 0.1) is 5.92 Å². The van der Waals surface area contributed by atoms with Gasteiger partial charge in [0, 0.05) is 12.6 Å². The molecule has 0 radical (unpaired) electrons. The molecule has 16 heavy (non-hydrogen) atoms. The molecule has 0 aromatic heterocycles. The smallest absolute Gasteiger partial charge is 0.410 e. The van der Waals surface area contributed by atoms with E-state index in [1.54, 1.807) is 0 Å². The van der Waals surface area contributed by atoms with Crippen LogP contribution in [-0.2, 0) is 4.74 Å². The Bertz CT molecular complexity index is 236. The molecule has 0 spiro atoms. The van der Waals surface area contributed by atoms with E-state index in [4.69, 9.17) is 4.74 Å². The summed E-state index contributed by atoms with van der Waals surface area (Å²) in [5, 5.41) is 0. The van der Waals surface area contributed by atoms with Gasteiger partial charge in [-0.3, -0.25) is 0 Å². The Morgan fingerprint density at radius 1 is 1.19 bits per heavy atom. The van der Waals surface area contributed by atoms with Crippen molar-refractivity contribution in [2.75, 3.05) is 13.2 Å². The SMILES string of the molecule is CCOC(=O)N1CCCCC1C1CCCC1. The number of hydrogen-bond acceptors (Lipinski definition) is 2. The van der Waals surface area contributed by atoms with Crippen LogP contribution in [0.25, 0.3) is 0 Å². The Kier molecular flexibility index (Phi) is 4.08. The quantitative estimate of drug-likeness (QED) is 0.722. The van der Waals surface area contributed by atoms with Crippen LogP contribution >= 0.6 is 0 Å². The summed E-state index contributed by atoms with van der Waals surface area (Å²) >= 11 is 0. The normalized spacial score (nSPS) is 27.1. The molecule has 1 aliphatic carbocycles. The van der Waals surface area contributed by atoms with E-state index in [1.165, 1.54) is 38.5 Å². The second kappa shape index (κ2) is 5.55. The van der Waals surface area contributed by atoms with E-state index in [9.17, 15) is 4.79 Å². The number of carbonyl (C=O) groups is 1. The van der Waals surface area contributed by atoms with Crippen molar-refractivity contribution < 1.29 is 9.53 Å². The van der Waals surface area contributed by atoms with Crippen LogP contribution in [-0.4, -0.2) is 30.2 Å². The number of hydrogen-bond donors (Lipinski definition) is 0. The van der Waals surface area contributed by atoms with E-state index >= 15 is 0 Å². The van der Waals surface area contributed by atoms with Gasteiger partial charge in [-0.25, -0.2) is 4.79 Å². The molecular weight excluding hydrogens is 202 g/mol. The zero-order chi connectivity index (χ0) is 11.4. The van der Waals surface area contributed by atoms with Crippen molar-refractivity contribution >= 4 is 6.09 Å². The van der Waals surface area contributed by atoms with Gasteiger partial charge in [0.05, 0.1) is 6.61 Å². The highest BCUT2D eigenvalue weighted by Gasteiger charge is 2.34. The zero-order valence-electron chi connectivity index (χ0n) is 10.3. The molecule has 0 aromatic rings. The van der Waals surface area contributed by atoms with Crippen LogP contribution in [0.15, 0.2) is 0 Å². The van der Waals surface area contributed by atoms with Crippen molar-refractivity contribution in [1.29, 1.82) is 0 Å². The first kappa shape index (κ1) is 11.7. The zero-order valence-corrected chi connectivity index (χ0v) is 10.3. The van der Waals surface area contributed by atoms with Gasteiger partial charge in [0.1, 0.15) is 0 Å². The third-order valence-electron chi connectivity index (χ3n) is 4.00. The van der Waals surface area contributed by atoms with Gasteiger partial charge in [0.2, 0.25) is 0 Å². The molecule has 3 nitrogen and oxygen atoms in total. The molecule has 1 amide bonds. The van der Waals surface area contributed by atoms with Gasteiger partial charge in [-0.15, -0.1) is 0 Å². The fraction of sp³-hybridized carbons (Fsp3) is 0.923. The summed E-state index contributed by atoms with van der Waals surface area (Å²) in [5.74, 6) is 0.740. The molecule has 2 aliphatic rings. The van der Waals surface area contributed by atoms with Crippen molar-refractivity contribution in [3.63, 3.8) is 0 Å². The number of piperidine rings is 1. The highest BCUT2D eigenvalue weighted by Crippen LogP contribution is 2.34. The molecule has 1 aliphatic heterocycles. The molecule has 1 saturated heterocycles. The van der Waals surface area contributed by atoms with E-state index in [-0.39, 0.29) is 6.09 Å². The fourth-order valence-corrected chi connectivity index (χ4v) is 3.22. The lowest BCUT2D eigenvalue weighted by Gasteiger charge is -2.38. The van der Waals surface area contributed by atoms with E-state index in [0.717, 1.165) is 18.9 Å². The molecule has 2 rings (SSSR count). The summed E-state index contributed by atoms with van der Waals surface area (Å²) in [6, 6.07) is 0.468. The summed E-state index contributed by atoms with van der Waals surface area (Å²) in [6.07, 6.45) is 8.82. The Morgan fingerprint density at radius 3 is 2.56 bits per heavy atom. The number of amides is 1. The van der Waals surface area contributed by atoms with Crippen LogP contribution in [0.2, 0.25) is 0 Å². The maximum absolute atomic E-state index is 11.9. The molecule has 1 heterocycles. The van der Waals surface area contributed by atoms with Crippen LogP contribution < -0.4 is 0 Å². The summed E-state index contributed by atoms with van der Waals surface area (Å²) in [6.45, 7) is 3.28. The van der Waals surface area contributed by atoms with Crippen molar-refractivity contribution in [2.24, 2.45) is 5.92 Å². The summed E-state index contributed by atoms with van der Waals surface area (Å²) < 4.78 is 5.16. The molecule has 1 saturated carbocycles. The van der Waals surface area contributed by atoms with Gasteiger partial charge < -0.3 is 9.64 Å². The lowest BCUT2D eigenvalue weighted by molar-refractivity contribution is 0.0595. The maximum atomic E-state index is 11.9. The second-order valence-electron chi connectivity index (χ2n) is 5.00. The summed E-state index contributed by atoms with van der Waals surface area (Å²) in [5.41, 5.74) is 0. The Morgan fingerprint density at radius 2 is 1.88 bits per heavy atom. The highest BCUT2D eigenvalue weighted by atomic mass is 16.6. The summed E-state index contributed by atoms with van der Waals surface area (Å²) in [4.78, 5) is 13.9. The predicted octanol–water partition coefficient (Wildman–Crippen LogP) is 3.19. The first-order valence-electron chi connectivity index (χ1n) is 6.76. The lowest BCUT2D eigenvalue weighted by atomic mass is 9.89. The molecule has 0 aromatic carbocycles. The largest absolute Gasteiger partial charge is 0.450 e. The van der Waals surface area contributed by atoms with Gasteiger partial charge in [-0.1, -0.05) is 12.8 Å². The molecule has 2 fully saturated rings. The van der Waals surface area contributed by atoms with Gasteiger partial charge in [-0.2, -0.15) is 0 Å². The third kappa shape index (κ3) is 2.50. The maximum Gasteiger partial charge on any atom is 0.410 e. The molecule has 1 atom stereocenters. The van der Waals surface area contributed by atoms with Gasteiger partial charge in [0.25, 0.3) is 0 Å². The van der Waals surface area contributed by atoms with E-state index in [2.05, 4.69) is 0 Å². The number of carbonyl (C=O) groups excluding carboxylic acids is 1. The molecular formula is C13H23NO2. The van der Waals surface area contributed by atoms with E-state index in [0.29, 0.717) is 12.6 Å². The molecule has 1 unspecified atom stereocenters. The van der Waals surface area contributed by atoms with E-state index < -0.39 is 0 Å². The first-order chi connectivity index (χ1) is 7.83. The van der Waals surface area contributed by atoms with Crippen molar-refractivity contribution in [2.45, 2.75) is 57.9 Å². The van der Waals surface area contributed by atoms with Gasteiger partial charge in [-0.05, 0) is 44.9 Å².